The normalized spacial score (nSPS) is 10.8. The highest BCUT2D eigenvalue weighted by Crippen LogP contribution is 2.40. The van der Waals surface area contributed by atoms with E-state index in [2.05, 4.69) is 4.98 Å². The Morgan fingerprint density at radius 1 is 0.912 bits per heavy atom. The molecule has 0 aliphatic rings. The third kappa shape index (κ3) is 5.12. The molecule has 7 nitrogen and oxygen atoms in total. The molecular formula is C26H27N3O4S. The molecule has 1 amide bonds. The van der Waals surface area contributed by atoms with Crippen molar-refractivity contribution in [3.8, 4) is 17.2 Å². The fourth-order valence-electron chi connectivity index (χ4n) is 3.52. The Morgan fingerprint density at radius 2 is 1.59 bits per heavy atom. The lowest BCUT2D eigenvalue weighted by molar-refractivity contribution is 0.0983. The lowest BCUT2D eigenvalue weighted by atomic mass is 10.1. The highest BCUT2D eigenvalue weighted by atomic mass is 32.1. The van der Waals surface area contributed by atoms with Gasteiger partial charge < -0.3 is 14.2 Å². The maximum absolute atomic E-state index is 13.9. The number of ether oxygens (including phenoxy) is 3. The number of para-hydroxylation sites is 1. The maximum Gasteiger partial charge on any atom is 0.260 e. The first-order chi connectivity index (χ1) is 16.6. The van der Waals surface area contributed by atoms with Gasteiger partial charge in [-0.15, -0.1) is 0 Å². The lowest BCUT2D eigenvalue weighted by Gasteiger charge is -2.22. The predicted molar refractivity (Wildman–Crippen MR) is 134 cm³/mol. The standard InChI is InChI=1S/C26H27N3O4S/c1-4-31-21-15-18(16-22(32-5-2)24(21)33-6-3)25(30)29(17-19-11-9-10-14-27-19)26-28-20-12-7-8-13-23(20)34-26/h7-16H,4-6,17H2,1-3H3. The summed E-state index contributed by atoms with van der Waals surface area (Å²) in [5.41, 5.74) is 2.03. The predicted octanol–water partition coefficient (Wildman–Crippen LogP) is 5.73. The molecule has 8 heteroatoms. The van der Waals surface area contributed by atoms with Crippen molar-refractivity contribution in [1.29, 1.82) is 0 Å². The first-order valence-electron chi connectivity index (χ1n) is 11.3. The van der Waals surface area contributed by atoms with Gasteiger partial charge in [-0.1, -0.05) is 29.5 Å². The van der Waals surface area contributed by atoms with Crippen LogP contribution >= 0.6 is 11.3 Å². The van der Waals surface area contributed by atoms with Crippen molar-refractivity contribution >= 4 is 32.6 Å². The number of fused-ring (bicyclic) bond motifs is 1. The minimum Gasteiger partial charge on any atom is -0.490 e. The Kier molecular flexibility index (Phi) is 7.59. The number of amides is 1. The zero-order valence-electron chi connectivity index (χ0n) is 19.5. The second-order valence-electron chi connectivity index (χ2n) is 7.28. The Bertz CT molecular complexity index is 1200. The highest BCUT2D eigenvalue weighted by molar-refractivity contribution is 7.22. The Labute approximate surface area is 202 Å². The van der Waals surface area contributed by atoms with E-state index in [0.717, 1.165) is 15.9 Å². The molecule has 0 N–H and O–H groups in total. The number of nitrogens with zero attached hydrogens (tertiary/aromatic N) is 3. The van der Waals surface area contributed by atoms with Gasteiger partial charge in [0.25, 0.3) is 5.91 Å². The van der Waals surface area contributed by atoms with Gasteiger partial charge >= 0.3 is 0 Å². The number of hydrogen-bond donors (Lipinski definition) is 0. The number of benzene rings is 2. The van der Waals surface area contributed by atoms with Crippen LogP contribution in [0.2, 0.25) is 0 Å². The molecule has 0 fully saturated rings. The zero-order valence-corrected chi connectivity index (χ0v) is 20.3. The molecular weight excluding hydrogens is 450 g/mol. The molecule has 176 valence electrons. The second kappa shape index (κ2) is 11.0. The van der Waals surface area contributed by atoms with E-state index >= 15 is 0 Å². The number of carbonyl (C=O) groups is 1. The summed E-state index contributed by atoms with van der Waals surface area (Å²) >= 11 is 1.47. The van der Waals surface area contributed by atoms with Crippen LogP contribution in [0.25, 0.3) is 10.2 Å². The Balaban J connectivity index is 1.80. The van der Waals surface area contributed by atoms with Crippen molar-refractivity contribution in [3.05, 3.63) is 72.1 Å². The van der Waals surface area contributed by atoms with Crippen LogP contribution in [-0.4, -0.2) is 35.7 Å². The fourth-order valence-corrected chi connectivity index (χ4v) is 4.49. The summed E-state index contributed by atoms with van der Waals surface area (Å²) < 4.78 is 18.4. The van der Waals surface area contributed by atoms with Crippen molar-refractivity contribution in [3.63, 3.8) is 0 Å². The zero-order chi connectivity index (χ0) is 23.9. The van der Waals surface area contributed by atoms with Crippen LogP contribution in [0.15, 0.2) is 60.8 Å². The van der Waals surface area contributed by atoms with E-state index in [9.17, 15) is 4.79 Å². The molecule has 34 heavy (non-hydrogen) atoms. The van der Waals surface area contributed by atoms with Crippen LogP contribution in [0, 0.1) is 0 Å². The Hall–Kier alpha value is -3.65. The molecule has 0 spiro atoms. The van der Waals surface area contributed by atoms with E-state index in [0.29, 0.717) is 47.8 Å². The molecule has 0 aliphatic carbocycles. The highest BCUT2D eigenvalue weighted by Gasteiger charge is 2.25. The first-order valence-corrected chi connectivity index (χ1v) is 12.1. The van der Waals surface area contributed by atoms with E-state index in [1.807, 2.05) is 63.2 Å². The second-order valence-corrected chi connectivity index (χ2v) is 8.29. The van der Waals surface area contributed by atoms with Crippen molar-refractivity contribution < 1.29 is 19.0 Å². The van der Waals surface area contributed by atoms with Crippen LogP contribution in [0.3, 0.4) is 0 Å². The van der Waals surface area contributed by atoms with E-state index in [-0.39, 0.29) is 12.5 Å². The maximum atomic E-state index is 13.9. The van der Waals surface area contributed by atoms with Crippen molar-refractivity contribution in [1.82, 2.24) is 9.97 Å². The summed E-state index contributed by atoms with van der Waals surface area (Å²) in [5.74, 6) is 1.22. The van der Waals surface area contributed by atoms with Gasteiger partial charge in [0.2, 0.25) is 5.75 Å². The SMILES string of the molecule is CCOc1cc(C(=O)N(Cc2ccccn2)c2nc3ccccc3s2)cc(OCC)c1OCC. The number of anilines is 1. The average molecular weight is 478 g/mol. The van der Waals surface area contributed by atoms with Gasteiger partial charge in [-0.3, -0.25) is 14.7 Å². The van der Waals surface area contributed by atoms with Crippen LogP contribution in [0.4, 0.5) is 5.13 Å². The minimum atomic E-state index is -0.227. The molecule has 0 unspecified atom stereocenters. The van der Waals surface area contributed by atoms with Crippen LogP contribution in [0.1, 0.15) is 36.8 Å². The van der Waals surface area contributed by atoms with Crippen LogP contribution < -0.4 is 19.1 Å². The van der Waals surface area contributed by atoms with Gasteiger partial charge in [0.1, 0.15) is 0 Å². The topological polar surface area (TPSA) is 73.8 Å². The van der Waals surface area contributed by atoms with Crippen LogP contribution in [-0.2, 0) is 6.54 Å². The molecule has 2 aromatic carbocycles. The summed E-state index contributed by atoms with van der Waals surface area (Å²) in [6, 6.07) is 16.9. The van der Waals surface area contributed by atoms with Gasteiger partial charge in [-0.25, -0.2) is 4.98 Å². The smallest absolute Gasteiger partial charge is 0.260 e. The molecule has 4 rings (SSSR count). The van der Waals surface area contributed by atoms with Crippen LogP contribution in [0.5, 0.6) is 17.2 Å². The molecule has 0 saturated carbocycles. The lowest BCUT2D eigenvalue weighted by Crippen LogP contribution is -2.30. The van der Waals surface area contributed by atoms with E-state index in [1.165, 1.54) is 11.3 Å². The third-order valence-corrected chi connectivity index (χ3v) is 6.02. The Morgan fingerprint density at radius 3 is 2.21 bits per heavy atom. The number of pyridine rings is 1. The first kappa shape index (κ1) is 23.5. The third-order valence-electron chi connectivity index (χ3n) is 4.96. The van der Waals surface area contributed by atoms with E-state index in [1.54, 1.807) is 23.2 Å². The summed E-state index contributed by atoms with van der Waals surface area (Å²) in [7, 11) is 0. The monoisotopic (exact) mass is 477 g/mol. The van der Waals surface area contributed by atoms with Gasteiger partial charge in [-0.2, -0.15) is 0 Å². The number of hydrogen-bond acceptors (Lipinski definition) is 7. The summed E-state index contributed by atoms with van der Waals surface area (Å²) in [6.07, 6.45) is 1.72. The van der Waals surface area contributed by atoms with Gasteiger partial charge in [-0.05, 0) is 57.2 Å². The van der Waals surface area contributed by atoms with Crippen molar-refractivity contribution in [2.75, 3.05) is 24.7 Å². The van der Waals surface area contributed by atoms with Gasteiger partial charge in [0.05, 0.1) is 42.3 Å². The number of rotatable bonds is 10. The summed E-state index contributed by atoms with van der Waals surface area (Å²) in [6.45, 7) is 7.26. The minimum absolute atomic E-state index is 0.227. The molecule has 2 heterocycles. The van der Waals surface area contributed by atoms with Crippen molar-refractivity contribution in [2.24, 2.45) is 0 Å². The van der Waals surface area contributed by atoms with Gasteiger partial charge in [0.15, 0.2) is 16.6 Å². The molecule has 0 saturated heterocycles. The van der Waals surface area contributed by atoms with Gasteiger partial charge in [0, 0.05) is 11.8 Å². The molecule has 0 atom stereocenters. The summed E-state index contributed by atoms with van der Waals surface area (Å²) in [5, 5.41) is 0.599. The molecule has 2 aromatic heterocycles. The number of thiazole rings is 1. The number of aromatic nitrogens is 2. The average Bonchev–Trinajstić information content (AvgIpc) is 3.29. The molecule has 0 radical (unpaired) electrons. The molecule has 0 aliphatic heterocycles. The molecule has 0 bridgehead atoms. The quantitative estimate of drug-likeness (QED) is 0.290. The van der Waals surface area contributed by atoms with E-state index < -0.39 is 0 Å². The number of carbonyl (C=O) groups excluding carboxylic acids is 1. The fraction of sp³-hybridized carbons (Fsp3) is 0.269. The van der Waals surface area contributed by atoms with Crippen molar-refractivity contribution in [2.45, 2.75) is 27.3 Å². The molecule has 4 aromatic rings. The summed E-state index contributed by atoms with van der Waals surface area (Å²) in [4.78, 5) is 24.7. The van der Waals surface area contributed by atoms with E-state index in [4.69, 9.17) is 19.2 Å². The largest absolute Gasteiger partial charge is 0.490 e.